The molecular formula is C21H22FN3O4. The molecule has 2 N–H and O–H groups in total. The SMILES string of the molecule is COCCNC(=O)c1ccccc1NC(=O)C1CC(=O)N(c2ccccc2F)C1. The molecule has 1 aliphatic rings. The van der Waals surface area contributed by atoms with Crippen LogP contribution in [0.3, 0.4) is 0 Å². The van der Waals surface area contributed by atoms with E-state index in [-0.39, 0.29) is 30.5 Å². The summed E-state index contributed by atoms with van der Waals surface area (Å²) in [4.78, 5) is 38.7. The molecule has 7 nitrogen and oxygen atoms in total. The summed E-state index contributed by atoms with van der Waals surface area (Å²) in [6, 6.07) is 12.6. The molecule has 3 rings (SSSR count). The Kier molecular flexibility index (Phi) is 6.56. The van der Waals surface area contributed by atoms with Crippen LogP contribution in [0.15, 0.2) is 48.5 Å². The molecule has 1 heterocycles. The van der Waals surface area contributed by atoms with Crippen LogP contribution in [0.2, 0.25) is 0 Å². The van der Waals surface area contributed by atoms with Crippen molar-refractivity contribution in [3.8, 4) is 0 Å². The number of benzene rings is 2. The summed E-state index contributed by atoms with van der Waals surface area (Å²) in [5.41, 5.74) is 0.821. The van der Waals surface area contributed by atoms with Crippen LogP contribution in [0.5, 0.6) is 0 Å². The molecule has 0 aromatic heterocycles. The van der Waals surface area contributed by atoms with Gasteiger partial charge in [0.25, 0.3) is 5.91 Å². The van der Waals surface area contributed by atoms with Gasteiger partial charge in [-0.3, -0.25) is 14.4 Å². The van der Waals surface area contributed by atoms with Gasteiger partial charge in [0.05, 0.1) is 29.5 Å². The number of nitrogens with one attached hydrogen (secondary N) is 2. The van der Waals surface area contributed by atoms with Crippen LogP contribution in [0, 0.1) is 11.7 Å². The van der Waals surface area contributed by atoms with Crippen molar-refractivity contribution in [2.24, 2.45) is 5.92 Å². The molecule has 2 aromatic rings. The molecule has 1 fully saturated rings. The van der Waals surface area contributed by atoms with E-state index in [0.717, 1.165) is 0 Å². The van der Waals surface area contributed by atoms with Gasteiger partial charge in [-0.15, -0.1) is 0 Å². The maximum absolute atomic E-state index is 14.0. The molecule has 1 aliphatic heterocycles. The van der Waals surface area contributed by atoms with Gasteiger partial charge in [0.2, 0.25) is 11.8 Å². The molecule has 0 saturated carbocycles. The van der Waals surface area contributed by atoms with Crippen molar-refractivity contribution >= 4 is 29.1 Å². The van der Waals surface area contributed by atoms with E-state index in [4.69, 9.17) is 4.74 Å². The van der Waals surface area contributed by atoms with Crippen LogP contribution < -0.4 is 15.5 Å². The fourth-order valence-electron chi connectivity index (χ4n) is 3.17. The van der Waals surface area contributed by atoms with Gasteiger partial charge in [-0.05, 0) is 24.3 Å². The number of nitrogens with zero attached hydrogens (tertiary/aromatic N) is 1. The Labute approximate surface area is 167 Å². The average molecular weight is 399 g/mol. The number of rotatable bonds is 7. The number of carbonyl (C=O) groups excluding carboxylic acids is 3. The lowest BCUT2D eigenvalue weighted by Gasteiger charge is -2.17. The van der Waals surface area contributed by atoms with Gasteiger partial charge in [-0.25, -0.2) is 4.39 Å². The number of ether oxygens (including phenoxy) is 1. The number of anilines is 2. The Morgan fingerprint density at radius 3 is 2.66 bits per heavy atom. The molecule has 152 valence electrons. The third kappa shape index (κ3) is 4.78. The lowest BCUT2D eigenvalue weighted by atomic mass is 10.1. The Balaban J connectivity index is 1.69. The predicted molar refractivity (Wildman–Crippen MR) is 106 cm³/mol. The molecule has 0 bridgehead atoms. The number of methoxy groups -OCH3 is 1. The van der Waals surface area contributed by atoms with Crippen molar-refractivity contribution in [2.75, 3.05) is 37.0 Å². The van der Waals surface area contributed by atoms with E-state index in [9.17, 15) is 18.8 Å². The summed E-state index contributed by atoms with van der Waals surface area (Å²) in [7, 11) is 1.54. The standard InChI is InChI=1S/C21H22FN3O4/c1-29-11-10-23-21(28)15-6-2-4-8-17(15)24-20(27)14-12-19(26)25(13-14)18-9-5-3-7-16(18)22/h2-9,14H,10-13H2,1H3,(H,23,28)(H,24,27). The molecule has 1 saturated heterocycles. The van der Waals surface area contributed by atoms with Crippen molar-refractivity contribution in [1.29, 1.82) is 0 Å². The minimum Gasteiger partial charge on any atom is -0.383 e. The summed E-state index contributed by atoms with van der Waals surface area (Å²) < 4.78 is 18.9. The lowest BCUT2D eigenvalue weighted by molar-refractivity contribution is -0.122. The Bertz CT molecular complexity index is 918. The zero-order valence-corrected chi connectivity index (χ0v) is 16.0. The van der Waals surface area contributed by atoms with E-state index in [1.807, 2.05) is 0 Å². The number of halogens is 1. The minimum absolute atomic E-state index is 0.0254. The second-order valence-corrected chi connectivity index (χ2v) is 6.64. The number of hydrogen-bond donors (Lipinski definition) is 2. The van der Waals surface area contributed by atoms with E-state index in [1.165, 1.54) is 30.2 Å². The summed E-state index contributed by atoms with van der Waals surface area (Å²) >= 11 is 0. The summed E-state index contributed by atoms with van der Waals surface area (Å²) in [6.07, 6.45) is -0.0254. The Hall–Kier alpha value is -3.26. The maximum atomic E-state index is 14.0. The molecular weight excluding hydrogens is 377 g/mol. The fraction of sp³-hybridized carbons (Fsp3) is 0.286. The molecule has 3 amide bonds. The highest BCUT2D eigenvalue weighted by Crippen LogP contribution is 2.28. The van der Waals surface area contributed by atoms with Crippen molar-refractivity contribution in [3.05, 3.63) is 59.9 Å². The van der Waals surface area contributed by atoms with Gasteiger partial charge in [0, 0.05) is 26.6 Å². The second-order valence-electron chi connectivity index (χ2n) is 6.64. The van der Waals surface area contributed by atoms with E-state index < -0.39 is 17.6 Å². The van der Waals surface area contributed by atoms with Crippen LogP contribution in [-0.4, -0.2) is 44.5 Å². The van der Waals surface area contributed by atoms with E-state index in [0.29, 0.717) is 24.4 Å². The zero-order valence-electron chi connectivity index (χ0n) is 16.0. The minimum atomic E-state index is -0.647. The molecule has 1 unspecified atom stereocenters. The maximum Gasteiger partial charge on any atom is 0.253 e. The van der Waals surface area contributed by atoms with Gasteiger partial charge in [-0.1, -0.05) is 24.3 Å². The molecule has 1 atom stereocenters. The van der Waals surface area contributed by atoms with Crippen LogP contribution in [0.4, 0.5) is 15.8 Å². The second kappa shape index (κ2) is 9.29. The third-order valence-electron chi connectivity index (χ3n) is 4.66. The molecule has 29 heavy (non-hydrogen) atoms. The third-order valence-corrected chi connectivity index (χ3v) is 4.66. The molecule has 2 aromatic carbocycles. The fourth-order valence-corrected chi connectivity index (χ4v) is 3.17. The zero-order chi connectivity index (χ0) is 20.8. The molecule has 0 aliphatic carbocycles. The van der Waals surface area contributed by atoms with Crippen LogP contribution in [0.25, 0.3) is 0 Å². The van der Waals surface area contributed by atoms with E-state index in [1.54, 1.807) is 30.3 Å². The first kappa shape index (κ1) is 20.5. The van der Waals surface area contributed by atoms with E-state index >= 15 is 0 Å². The first-order chi connectivity index (χ1) is 14.0. The normalized spacial score (nSPS) is 16.0. The van der Waals surface area contributed by atoms with Crippen LogP contribution >= 0.6 is 0 Å². The van der Waals surface area contributed by atoms with Crippen molar-refractivity contribution in [2.45, 2.75) is 6.42 Å². The summed E-state index contributed by atoms with van der Waals surface area (Å²) in [6.45, 7) is 0.788. The molecule has 8 heteroatoms. The highest BCUT2D eigenvalue weighted by atomic mass is 19.1. The Morgan fingerprint density at radius 1 is 1.17 bits per heavy atom. The van der Waals surface area contributed by atoms with Crippen molar-refractivity contribution in [3.63, 3.8) is 0 Å². The lowest BCUT2D eigenvalue weighted by Crippen LogP contribution is -2.30. The van der Waals surface area contributed by atoms with Gasteiger partial charge in [0.15, 0.2) is 0 Å². The summed E-state index contributed by atoms with van der Waals surface area (Å²) in [5.74, 6) is -2.21. The number of hydrogen-bond acceptors (Lipinski definition) is 4. The monoisotopic (exact) mass is 399 g/mol. The number of carbonyl (C=O) groups is 3. The topological polar surface area (TPSA) is 87.7 Å². The summed E-state index contributed by atoms with van der Waals surface area (Å²) in [5, 5.41) is 5.43. The van der Waals surface area contributed by atoms with Crippen LogP contribution in [0.1, 0.15) is 16.8 Å². The first-order valence-electron chi connectivity index (χ1n) is 9.23. The first-order valence-corrected chi connectivity index (χ1v) is 9.23. The smallest absolute Gasteiger partial charge is 0.253 e. The predicted octanol–water partition coefficient (Wildman–Crippen LogP) is 2.19. The molecule has 0 spiro atoms. The van der Waals surface area contributed by atoms with Gasteiger partial charge in [0.1, 0.15) is 5.82 Å². The van der Waals surface area contributed by atoms with Crippen molar-refractivity contribution < 1.29 is 23.5 Å². The van der Waals surface area contributed by atoms with Gasteiger partial charge in [-0.2, -0.15) is 0 Å². The highest BCUT2D eigenvalue weighted by molar-refractivity contribution is 6.07. The Morgan fingerprint density at radius 2 is 1.90 bits per heavy atom. The van der Waals surface area contributed by atoms with Crippen molar-refractivity contribution in [1.82, 2.24) is 5.32 Å². The van der Waals surface area contributed by atoms with Crippen LogP contribution in [-0.2, 0) is 14.3 Å². The van der Waals surface area contributed by atoms with Gasteiger partial charge < -0.3 is 20.3 Å². The highest BCUT2D eigenvalue weighted by Gasteiger charge is 2.36. The van der Waals surface area contributed by atoms with Gasteiger partial charge >= 0.3 is 0 Å². The average Bonchev–Trinajstić information content (AvgIpc) is 3.10. The van der Waals surface area contributed by atoms with E-state index in [2.05, 4.69) is 10.6 Å². The number of amides is 3. The largest absolute Gasteiger partial charge is 0.383 e. The molecule has 0 radical (unpaired) electrons. The quantitative estimate of drug-likeness (QED) is 0.699. The number of para-hydroxylation sites is 2.